The van der Waals surface area contributed by atoms with Gasteiger partial charge in [-0.25, -0.2) is 8.42 Å². The molecule has 9 heteroatoms. The fourth-order valence-electron chi connectivity index (χ4n) is 5.40. The number of aliphatic carboxylic acids is 1. The lowest BCUT2D eigenvalue weighted by molar-refractivity contribution is -0.180. The first-order valence-corrected chi connectivity index (χ1v) is 12.5. The lowest BCUT2D eigenvalue weighted by Gasteiger charge is -2.44. The van der Waals surface area contributed by atoms with Crippen molar-refractivity contribution in [3.63, 3.8) is 0 Å². The number of sulfone groups is 1. The van der Waals surface area contributed by atoms with Crippen molar-refractivity contribution in [2.45, 2.75) is 41.4 Å². The summed E-state index contributed by atoms with van der Waals surface area (Å²) >= 11 is 0. The summed E-state index contributed by atoms with van der Waals surface area (Å²) in [6.07, 6.45) is 0.561. The van der Waals surface area contributed by atoms with Gasteiger partial charge in [-0.15, -0.1) is 0 Å². The van der Waals surface area contributed by atoms with E-state index in [2.05, 4.69) is 0 Å². The average molecular weight is 487 g/mol. The van der Waals surface area contributed by atoms with Gasteiger partial charge in [0.1, 0.15) is 0 Å². The Balaban J connectivity index is 1.72. The molecule has 2 aliphatic rings. The van der Waals surface area contributed by atoms with Crippen LogP contribution >= 0.6 is 0 Å². The Morgan fingerprint density at radius 1 is 0.941 bits per heavy atom. The molecule has 1 atom stereocenters. The molecule has 0 spiro atoms. The first kappa shape index (κ1) is 23.9. The van der Waals surface area contributed by atoms with Gasteiger partial charge in [0, 0.05) is 5.92 Å². The largest absolute Gasteiger partial charge is 0.480 e. The number of carbonyl (C=O) groups is 3. The molecule has 34 heavy (non-hydrogen) atoms. The topological polar surface area (TPSA) is 124 Å². The van der Waals surface area contributed by atoms with E-state index < -0.39 is 50.9 Å². The van der Waals surface area contributed by atoms with Crippen LogP contribution in [0, 0.1) is 17.3 Å². The molecule has 2 aromatic rings. The minimum Gasteiger partial charge on any atom is -0.480 e. The van der Waals surface area contributed by atoms with E-state index in [0.717, 1.165) is 7.11 Å². The Bertz CT molecular complexity index is 1190. The molecule has 1 fully saturated rings. The maximum absolute atomic E-state index is 13.2. The summed E-state index contributed by atoms with van der Waals surface area (Å²) < 4.78 is 36.1. The molecular weight excluding hydrogens is 460 g/mol. The number of esters is 2. The van der Waals surface area contributed by atoms with Gasteiger partial charge in [-0.1, -0.05) is 36.4 Å². The summed E-state index contributed by atoms with van der Waals surface area (Å²) in [5.41, 5.74) is -0.697. The predicted octanol–water partition coefficient (Wildman–Crippen LogP) is 3.19. The highest BCUT2D eigenvalue weighted by atomic mass is 32.2. The highest BCUT2D eigenvalue weighted by Gasteiger charge is 2.58. The van der Waals surface area contributed by atoms with Crippen LogP contribution in [-0.2, 0) is 33.7 Å². The van der Waals surface area contributed by atoms with Gasteiger partial charge in [-0.05, 0) is 54.9 Å². The summed E-state index contributed by atoms with van der Waals surface area (Å²) in [6, 6.07) is 13.3. The second-order valence-electron chi connectivity index (χ2n) is 8.83. The van der Waals surface area contributed by atoms with Gasteiger partial charge in [0.25, 0.3) is 0 Å². The van der Waals surface area contributed by atoms with E-state index in [9.17, 15) is 27.9 Å². The molecule has 0 aromatic heterocycles. The summed E-state index contributed by atoms with van der Waals surface area (Å²) in [7, 11) is -1.30. The van der Waals surface area contributed by atoms with Crippen LogP contribution in [0.2, 0.25) is 0 Å². The van der Waals surface area contributed by atoms with Crippen LogP contribution < -0.4 is 0 Å². The fourth-order valence-corrected chi connectivity index (χ4v) is 7.19. The van der Waals surface area contributed by atoms with Crippen LogP contribution in [0.3, 0.4) is 0 Å². The third-order valence-electron chi connectivity index (χ3n) is 7.30. The van der Waals surface area contributed by atoms with Crippen molar-refractivity contribution in [1.82, 2.24) is 0 Å². The lowest BCUT2D eigenvalue weighted by Crippen LogP contribution is -2.52. The Kier molecular flexibility index (Phi) is 6.24. The molecule has 1 aliphatic carbocycles. The quantitative estimate of drug-likeness (QED) is 0.467. The van der Waals surface area contributed by atoms with Crippen LogP contribution in [0.25, 0.3) is 0 Å². The van der Waals surface area contributed by atoms with Crippen molar-refractivity contribution in [2.24, 2.45) is 17.3 Å². The van der Waals surface area contributed by atoms with E-state index in [1.807, 2.05) is 0 Å². The van der Waals surface area contributed by atoms with Gasteiger partial charge in [-0.2, -0.15) is 0 Å². The summed E-state index contributed by atoms with van der Waals surface area (Å²) in [5, 5.41) is 10.2. The van der Waals surface area contributed by atoms with Crippen molar-refractivity contribution >= 4 is 27.7 Å². The highest BCUT2D eigenvalue weighted by molar-refractivity contribution is 7.91. The second kappa shape index (κ2) is 8.87. The minimum absolute atomic E-state index is 0.0685. The molecule has 1 unspecified atom stereocenters. The van der Waals surface area contributed by atoms with Gasteiger partial charge in [0.2, 0.25) is 9.84 Å². The van der Waals surface area contributed by atoms with Crippen molar-refractivity contribution in [2.75, 3.05) is 14.2 Å². The molecule has 8 nitrogen and oxygen atoms in total. The molecule has 0 radical (unpaired) electrons. The summed E-state index contributed by atoms with van der Waals surface area (Å²) in [5.74, 6) is -4.08. The third kappa shape index (κ3) is 3.58. The first-order valence-electron chi connectivity index (χ1n) is 11.0. The zero-order chi connectivity index (χ0) is 24.7. The standard InChI is InChI=1S/C25H26O8S/c1-32-22(26)15-13-16(14-15)25(23(27)28,24(29)33-2)12-11-17-18-7-3-5-9-20(18)34(30,31)21-10-6-4-8-19(17)21/h3-10,15-17H,11-14H2,1-2H3,(H,27,28)/t15-,16+,25?. The van der Waals surface area contributed by atoms with Gasteiger partial charge in [0.05, 0.1) is 29.9 Å². The van der Waals surface area contributed by atoms with E-state index in [1.54, 1.807) is 48.5 Å². The van der Waals surface area contributed by atoms with Crippen molar-refractivity contribution < 1.29 is 37.4 Å². The minimum atomic E-state index is -3.71. The van der Waals surface area contributed by atoms with Gasteiger partial charge in [-0.3, -0.25) is 14.4 Å². The first-order chi connectivity index (χ1) is 16.2. The Hall–Kier alpha value is -3.20. The van der Waals surface area contributed by atoms with E-state index in [4.69, 9.17) is 9.47 Å². The SMILES string of the molecule is COC(=O)C(CCC1c2ccccc2S(=O)(=O)c2ccccc21)(C(=O)O)[C@H]1C[C@@H](C(=O)OC)C1. The number of carboxylic acid groups (broad SMARTS) is 1. The predicted molar refractivity (Wildman–Crippen MR) is 120 cm³/mol. The van der Waals surface area contributed by atoms with Crippen LogP contribution in [0.5, 0.6) is 0 Å². The molecule has 1 saturated carbocycles. The number of hydrogen-bond acceptors (Lipinski definition) is 7. The summed E-state index contributed by atoms with van der Waals surface area (Å²) in [6.45, 7) is 0. The van der Waals surface area contributed by atoms with Gasteiger partial charge >= 0.3 is 17.9 Å². The average Bonchev–Trinajstić information content (AvgIpc) is 2.81. The molecule has 0 amide bonds. The number of rotatable bonds is 7. The number of fused-ring (bicyclic) bond motifs is 2. The van der Waals surface area contributed by atoms with E-state index >= 15 is 0 Å². The number of carboxylic acids is 1. The molecule has 1 heterocycles. The molecule has 180 valence electrons. The molecule has 2 aromatic carbocycles. The molecular formula is C25H26O8S. The van der Waals surface area contributed by atoms with Crippen LogP contribution in [0.1, 0.15) is 42.7 Å². The Labute approximate surface area is 197 Å². The summed E-state index contributed by atoms with van der Waals surface area (Å²) in [4.78, 5) is 37.7. The molecule has 0 bridgehead atoms. The third-order valence-corrected chi connectivity index (χ3v) is 9.20. The fraction of sp³-hybridized carbons (Fsp3) is 0.400. The second-order valence-corrected chi connectivity index (χ2v) is 10.7. The smallest absolute Gasteiger partial charge is 0.323 e. The monoisotopic (exact) mass is 486 g/mol. The van der Waals surface area contributed by atoms with Crippen LogP contribution in [-0.4, -0.2) is 45.7 Å². The van der Waals surface area contributed by atoms with Crippen LogP contribution in [0.15, 0.2) is 58.3 Å². The van der Waals surface area contributed by atoms with Gasteiger partial charge < -0.3 is 14.6 Å². The van der Waals surface area contributed by atoms with E-state index in [1.165, 1.54) is 7.11 Å². The maximum atomic E-state index is 13.2. The van der Waals surface area contributed by atoms with E-state index in [-0.39, 0.29) is 35.5 Å². The van der Waals surface area contributed by atoms with Crippen molar-refractivity contribution in [3.05, 3.63) is 59.7 Å². The number of benzene rings is 2. The number of ether oxygens (including phenoxy) is 2. The highest BCUT2D eigenvalue weighted by Crippen LogP contribution is 2.52. The van der Waals surface area contributed by atoms with Crippen molar-refractivity contribution in [1.29, 1.82) is 0 Å². The van der Waals surface area contributed by atoms with E-state index in [0.29, 0.717) is 11.1 Å². The van der Waals surface area contributed by atoms with Gasteiger partial charge in [0.15, 0.2) is 5.41 Å². The normalized spacial score (nSPS) is 22.3. The number of hydrogen-bond donors (Lipinski definition) is 1. The lowest BCUT2D eigenvalue weighted by atomic mass is 9.58. The molecule has 1 N–H and O–H groups in total. The zero-order valence-corrected chi connectivity index (χ0v) is 19.7. The Morgan fingerprint density at radius 3 is 1.94 bits per heavy atom. The maximum Gasteiger partial charge on any atom is 0.323 e. The molecule has 4 rings (SSSR count). The Morgan fingerprint density at radius 2 is 1.47 bits per heavy atom. The molecule has 0 saturated heterocycles. The number of carbonyl (C=O) groups excluding carboxylic acids is 2. The number of methoxy groups -OCH3 is 2. The zero-order valence-electron chi connectivity index (χ0n) is 18.9. The van der Waals surface area contributed by atoms with Crippen LogP contribution in [0.4, 0.5) is 0 Å². The van der Waals surface area contributed by atoms with Crippen molar-refractivity contribution in [3.8, 4) is 0 Å². The molecule has 1 aliphatic heterocycles.